The topological polar surface area (TPSA) is 38.9 Å². The Morgan fingerprint density at radius 2 is 2.00 bits per heavy atom. The summed E-state index contributed by atoms with van der Waals surface area (Å²) in [6.07, 6.45) is 1.69. The third-order valence-corrected chi connectivity index (χ3v) is 3.77. The number of aryl methyl sites for hydroxylation is 1. The van der Waals surface area contributed by atoms with Gasteiger partial charge < -0.3 is 5.73 Å². The van der Waals surface area contributed by atoms with Crippen LogP contribution >= 0.6 is 23.4 Å². The third kappa shape index (κ3) is 3.38. The number of nitrogen functional groups attached to an aromatic ring is 1. The van der Waals surface area contributed by atoms with Gasteiger partial charge in [-0.3, -0.25) is 0 Å². The molecule has 1 aromatic carbocycles. The summed E-state index contributed by atoms with van der Waals surface area (Å²) < 4.78 is 0. The molecule has 0 aliphatic carbocycles. The first kappa shape index (κ1) is 12.3. The Bertz CT molecular complexity index is 511. The summed E-state index contributed by atoms with van der Waals surface area (Å²) in [5, 5.41) is 1.79. The van der Waals surface area contributed by atoms with Crippen molar-refractivity contribution in [2.24, 2.45) is 0 Å². The molecule has 2 N–H and O–H groups in total. The number of rotatable bonds is 3. The zero-order valence-corrected chi connectivity index (χ0v) is 11.1. The second-order valence-corrected chi connectivity index (χ2v) is 5.21. The van der Waals surface area contributed by atoms with Crippen LogP contribution in [0.1, 0.15) is 11.1 Å². The van der Waals surface area contributed by atoms with E-state index in [0.717, 1.165) is 21.4 Å². The maximum absolute atomic E-state index is 5.84. The van der Waals surface area contributed by atoms with E-state index >= 15 is 0 Å². The fourth-order valence-electron chi connectivity index (χ4n) is 1.47. The molecule has 2 rings (SSSR count). The standard InChI is InChI=1S/C13H13ClN2S/c1-9-6-12(15)7-16-13(9)17-8-10-2-4-11(14)5-3-10/h2-7H,8,15H2,1H3. The maximum Gasteiger partial charge on any atom is 0.0993 e. The number of halogens is 1. The smallest absolute Gasteiger partial charge is 0.0993 e. The molecule has 0 aliphatic rings. The van der Waals surface area contributed by atoms with Crippen LogP contribution in [-0.2, 0) is 5.75 Å². The van der Waals surface area contributed by atoms with E-state index in [1.807, 2.05) is 37.3 Å². The summed E-state index contributed by atoms with van der Waals surface area (Å²) in [4.78, 5) is 4.32. The largest absolute Gasteiger partial charge is 0.397 e. The normalized spacial score (nSPS) is 10.5. The highest BCUT2D eigenvalue weighted by Crippen LogP contribution is 2.25. The van der Waals surface area contributed by atoms with Crippen molar-refractivity contribution >= 4 is 29.1 Å². The fourth-order valence-corrected chi connectivity index (χ4v) is 2.50. The quantitative estimate of drug-likeness (QED) is 0.854. The second-order valence-electron chi connectivity index (χ2n) is 3.81. The number of nitrogens with two attached hydrogens (primary N) is 1. The van der Waals surface area contributed by atoms with Crippen molar-refractivity contribution in [3.05, 3.63) is 52.7 Å². The lowest BCUT2D eigenvalue weighted by Gasteiger charge is -2.05. The minimum absolute atomic E-state index is 0.707. The minimum atomic E-state index is 0.707. The van der Waals surface area contributed by atoms with E-state index < -0.39 is 0 Å². The van der Waals surface area contributed by atoms with E-state index in [1.54, 1.807) is 18.0 Å². The molecule has 0 aliphatic heterocycles. The number of pyridine rings is 1. The van der Waals surface area contributed by atoms with E-state index in [-0.39, 0.29) is 0 Å². The predicted octanol–water partition coefficient (Wildman–Crippen LogP) is 3.92. The molecular weight excluding hydrogens is 252 g/mol. The highest BCUT2D eigenvalue weighted by atomic mass is 35.5. The first-order chi connectivity index (χ1) is 8.15. The Morgan fingerprint density at radius 1 is 1.29 bits per heavy atom. The van der Waals surface area contributed by atoms with Crippen molar-refractivity contribution in [2.75, 3.05) is 5.73 Å². The predicted molar refractivity (Wildman–Crippen MR) is 74.4 cm³/mol. The Labute approximate surface area is 110 Å². The molecule has 0 saturated heterocycles. The molecular formula is C13H13ClN2S. The van der Waals surface area contributed by atoms with Gasteiger partial charge in [-0.05, 0) is 36.2 Å². The summed E-state index contributed by atoms with van der Waals surface area (Å²) in [5.41, 5.74) is 8.72. The first-order valence-electron chi connectivity index (χ1n) is 5.24. The van der Waals surface area contributed by atoms with Gasteiger partial charge in [0.05, 0.1) is 16.9 Å². The van der Waals surface area contributed by atoms with Crippen LogP contribution in [0.4, 0.5) is 5.69 Å². The van der Waals surface area contributed by atoms with E-state index in [9.17, 15) is 0 Å². The van der Waals surface area contributed by atoms with Gasteiger partial charge >= 0.3 is 0 Å². The summed E-state index contributed by atoms with van der Waals surface area (Å²) in [7, 11) is 0. The molecule has 0 radical (unpaired) electrons. The van der Waals surface area contributed by atoms with E-state index in [0.29, 0.717) is 5.69 Å². The van der Waals surface area contributed by atoms with Crippen molar-refractivity contribution in [1.29, 1.82) is 0 Å². The number of hydrogen-bond acceptors (Lipinski definition) is 3. The van der Waals surface area contributed by atoms with Gasteiger partial charge in [0.1, 0.15) is 0 Å². The number of thioether (sulfide) groups is 1. The minimum Gasteiger partial charge on any atom is -0.397 e. The fraction of sp³-hybridized carbons (Fsp3) is 0.154. The summed E-state index contributed by atoms with van der Waals surface area (Å²) in [6, 6.07) is 9.81. The maximum atomic E-state index is 5.84. The number of hydrogen-bond donors (Lipinski definition) is 1. The van der Waals surface area contributed by atoms with Crippen LogP contribution < -0.4 is 5.73 Å². The van der Waals surface area contributed by atoms with Gasteiger partial charge in [0.25, 0.3) is 0 Å². The molecule has 17 heavy (non-hydrogen) atoms. The van der Waals surface area contributed by atoms with Crippen molar-refractivity contribution < 1.29 is 0 Å². The van der Waals surface area contributed by atoms with Gasteiger partial charge in [-0.25, -0.2) is 4.98 Å². The molecule has 2 nitrogen and oxygen atoms in total. The Kier molecular flexibility index (Phi) is 3.92. The number of anilines is 1. The molecule has 1 heterocycles. The van der Waals surface area contributed by atoms with Gasteiger partial charge in [0.15, 0.2) is 0 Å². The lowest BCUT2D eigenvalue weighted by molar-refractivity contribution is 1.08. The van der Waals surface area contributed by atoms with Gasteiger partial charge in [-0.15, -0.1) is 11.8 Å². The lowest BCUT2D eigenvalue weighted by atomic mass is 10.2. The Hall–Kier alpha value is -1.19. The first-order valence-corrected chi connectivity index (χ1v) is 6.61. The zero-order valence-electron chi connectivity index (χ0n) is 9.48. The average molecular weight is 265 g/mol. The summed E-state index contributed by atoms with van der Waals surface area (Å²) in [5.74, 6) is 0.884. The van der Waals surface area contributed by atoms with E-state index in [2.05, 4.69) is 4.98 Å². The summed E-state index contributed by atoms with van der Waals surface area (Å²) >= 11 is 7.54. The SMILES string of the molecule is Cc1cc(N)cnc1SCc1ccc(Cl)cc1. The van der Waals surface area contributed by atoms with Crippen molar-refractivity contribution in [2.45, 2.75) is 17.7 Å². The average Bonchev–Trinajstić information content (AvgIpc) is 2.30. The highest BCUT2D eigenvalue weighted by molar-refractivity contribution is 7.98. The van der Waals surface area contributed by atoms with Crippen molar-refractivity contribution in [3.8, 4) is 0 Å². The number of benzene rings is 1. The molecule has 0 bridgehead atoms. The van der Waals surface area contributed by atoms with Crippen LogP contribution in [-0.4, -0.2) is 4.98 Å². The van der Waals surface area contributed by atoms with Gasteiger partial charge in [0.2, 0.25) is 0 Å². The van der Waals surface area contributed by atoms with Gasteiger partial charge in [0, 0.05) is 10.8 Å². The third-order valence-electron chi connectivity index (χ3n) is 2.34. The van der Waals surface area contributed by atoms with Crippen molar-refractivity contribution in [1.82, 2.24) is 4.98 Å². The Morgan fingerprint density at radius 3 is 2.65 bits per heavy atom. The van der Waals surface area contributed by atoms with E-state index in [1.165, 1.54) is 5.56 Å². The van der Waals surface area contributed by atoms with Gasteiger partial charge in [-0.1, -0.05) is 23.7 Å². The van der Waals surface area contributed by atoms with Crippen LogP contribution in [0, 0.1) is 6.92 Å². The monoisotopic (exact) mass is 264 g/mol. The van der Waals surface area contributed by atoms with Gasteiger partial charge in [-0.2, -0.15) is 0 Å². The highest BCUT2D eigenvalue weighted by Gasteiger charge is 2.02. The van der Waals surface area contributed by atoms with Crippen molar-refractivity contribution in [3.63, 3.8) is 0 Å². The molecule has 88 valence electrons. The second kappa shape index (κ2) is 5.43. The molecule has 2 aromatic rings. The molecule has 0 unspecified atom stereocenters. The van der Waals surface area contributed by atoms with Crippen LogP contribution in [0.5, 0.6) is 0 Å². The molecule has 0 atom stereocenters. The molecule has 0 spiro atoms. The van der Waals surface area contributed by atoms with E-state index in [4.69, 9.17) is 17.3 Å². The number of aromatic nitrogens is 1. The zero-order chi connectivity index (χ0) is 12.3. The summed E-state index contributed by atoms with van der Waals surface area (Å²) in [6.45, 7) is 2.02. The lowest BCUT2D eigenvalue weighted by Crippen LogP contribution is -1.91. The Balaban J connectivity index is 2.04. The molecule has 0 fully saturated rings. The van der Waals surface area contributed by atoms with Crippen LogP contribution in [0.15, 0.2) is 41.6 Å². The molecule has 0 amide bonds. The van der Waals surface area contributed by atoms with Crippen LogP contribution in [0.3, 0.4) is 0 Å². The van der Waals surface area contributed by atoms with Crippen LogP contribution in [0.25, 0.3) is 0 Å². The molecule has 1 aromatic heterocycles. The number of nitrogens with zero attached hydrogens (tertiary/aromatic N) is 1. The molecule has 4 heteroatoms. The van der Waals surface area contributed by atoms with Crippen LogP contribution in [0.2, 0.25) is 5.02 Å². The molecule has 0 saturated carbocycles.